The largest absolute Gasteiger partial charge is 0.508 e. The lowest BCUT2D eigenvalue weighted by Gasteiger charge is -1.90. The van der Waals surface area contributed by atoms with Crippen molar-refractivity contribution in [2.24, 2.45) is 0 Å². The van der Waals surface area contributed by atoms with Crippen LogP contribution in [0, 0.1) is 11.8 Å². The molecule has 0 aromatic heterocycles. The lowest BCUT2D eigenvalue weighted by Crippen LogP contribution is -1.86. The van der Waals surface area contributed by atoms with Crippen molar-refractivity contribution in [1.82, 2.24) is 0 Å². The van der Waals surface area contributed by atoms with Gasteiger partial charge < -0.3 is 10.2 Å². The highest BCUT2D eigenvalue weighted by Crippen LogP contribution is 2.09. The molecule has 1 aromatic carbocycles. The van der Waals surface area contributed by atoms with Gasteiger partial charge in [-0.15, -0.1) is 0 Å². The lowest BCUT2D eigenvalue weighted by molar-refractivity contribution is -0.130. The summed E-state index contributed by atoms with van der Waals surface area (Å²) in [6.45, 7) is 0. The van der Waals surface area contributed by atoms with E-state index < -0.39 is 5.97 Å². The Labute approximate surface area is 69.3 Å². The molecular formula is C9H6O3. The second kappa shape index (κ2) is 3.44. The summed E-state index contributed by atoms with van der Waals surface area (Å²) in [5.74, 6) is 3.21. The van der Waals surface area contributed by atoms with Gasteiger partial charge >= 0.3 is 5.97 Å². The van der Waals surface area contributed by atoms with Crippen molar-refractivity contribution >= 4 is 5.97 Å². The molecule has 0 bridgehead atoms. The average Bonchev–Trinajstić information content (AvgIpc) is 2.01. The number of benzene rings is 1. The molecular weight excluding hydrogens is 156 g/mol. The maximum atomic E-state index is 10.0. The Morgan fingerprint density at radius 3 is 2.75 bits per heavy atom. The monoisotopic (exact) mass is 162 g/mol. The van der Waals surface area contributed by atoms with Crippen LogP contribution in [0.5, 0.6) is 5.75 Å². The maximum absolute atomic E-state index is 10.0. The third kappa shape index (κ3) is 2.35. The van der Waals surface area contributed by atoms with Crippen molar-refractivity contribution in [2.45, 2.75) is 0 Å². The van der Waals surface area contributed by atoms with E-state index in [9.17, 15) is 4.79 Å². The molecule has 3 nitrogen and oxygen atoms in total. The van der Waals surface area contributed by atoms with E-state index in [2.05, 4.69) is 5.92 Å². The molecule has 0 amide bonds. The minimum Gasteiger partial charge on any atom is -0.508 e. The van der Waals surface area contributed by atoms with Gasteiger partial charge in [-0.25, -0.2) is 4.79 Å². The van der Waals surface area contributed by atoms with Crippen molar-refractivity contribution in [3.8, 4) is 17.6 Å². The van der Waals surface area contributed by atoms with Crippen LogP contribution in [0.4, 0.5) is 0 Å². The number of phenolic OH excluding ortho intramolecular Hbond substituents is 1. The third-order valence-electron chi connectivity index (χ3n) is 1.16. The zero-order valence-corrected chi connectivity index (χ0v) is 6.11. The zero-order chi connectivity index (χ0) is 8.97. The molecule has 0 saturated carbocycles. The van der Waals surface area contributed by atoms with Crippen molar-refractivity contribution in [2.75, 3.05) is 0 Å². The van der Waals surface area contributed by atoms with E-state index in [1.165, 1.54) is 12.1 Å². The predicted molar refractivity (Wildman–Crippen MR) is 42.6 cm³/mol. The van der Waals surface area contributed by atoms with Gasteiger partial charge in [-0.05, 0) is 18.2 Å². The molecule has 60 valence electrons. The molecule has 0 aliphatic heterocycles. The Kier molecular flexibility index (Phi) is 2.34. The number of hydrogen-bond donors (Lipinski definition) is 2. The fourth-order valence-corrected chi connectivity index (χ4v) is 0.709. The van der Waals surface area contributed by atoms with Gasteiger partial charge in [0.15, 0.2) is 0 Å². The summed E-state index contributed by atoms with van der Waals surface area (Å²) in [4.78, 5) is 10.0. The number of carbonyl (C=O) groups is 1. The van der Waals surface area contributed by atoms with E-state index in [0.717, 1.165) is 0 Å². The van der Waals surface area contributed by atoms with Crippen molar-refractivity contribution < 1.29 is 15.0 Å². The number of carboxylic acids is 1. The highest BCUT2D eigenvalue weighted by Gasteiger charge is 1.89. The summed E-state index contributed by atoms with van der Waals surface area (Å²) in [5.41, 5.74) is 0.484. The molecule has 0 atom stereocenters. The summed E-state index contributed by atoms with van der Waals surface area (Å²) in [5, 5.41) is 17.2. The van der Waals surface area contributed by atoms with Gasteiger partial charge in [0.25, 0.3) is 0 Å². The van der Waals surface area contributed by atoms with Gasteiger partial charge in [0.1, 0.15) is 5.75 Å². The highest BCUT2D eigenvalue weighted by molar-refractivity contribution is 5.87. The van der Waals surface area contributed by atoms with Crippen LogP contribution in [-0.2, 0) is 4.79 Å². The lowest BCUT2D eigenvalue weighted by atomic mass is 10.2. The van der Waals surface area contributed by atoms with Crippen LogP contribution in [0.2, 0.25) is 0 Å². The number of carboxylic acid groups (broad SMARTS) is 1. The molecule has 12 heavy (non-hydrogen) atoms. The molecule has 0 fully saturated rings. The van der Waals surface area contributed by atoms with Crippen LogP contribution in [0.3, 0.4) is 0 Å². The first-order valence-electron chi connectivity index (χ1n) is 3.22. The van der Waals surface area contributed by atoms with Crippen molar-refractivity contribution in [3.05, 3.63) is 29.8 Å². The van der Waals surface area contributed by atoms with Gasteiger partial charge in [-0.1, -0.05) is 12.0 Å². The second-order valence-corrected chi connectivity index (χ2v) is 2.11. The molecule has 0 unspecified atom stereocenters. The minimum absolute atomic E-state index is 0.0761. The molecule has 0 aliphatic carbocycles. The first-order valence-corrected chi connectivity index (χ1v) is 3.22. The smallest absolute Gasteiger partial charge is 0.382 e. The third-order valence-corrected chi connectivity index (χ3v) is 1.16. The Hall–Kier alpha value is -1.95. The first kappa shape index (κ1) is 8.15. The van der Waals surface area contributed by atoms with Crippen LogP contribution in [-0.4, -0.2) is 16.2 Å². The first-order chi connectivity index (χ1) is 5.68. The van der Waals surface area contributed by atoms with E-state index in [1.807, 2.05) is 5.92 Å². The number of phenols is 1. The average molecular weight is 162 g/mol. The summed E-state index contributed by atoms with van der Waals surface area (Å²) in [6, 6.07) is 6.11. The van der Waals surface area contributed by atoms with Gasteiger partial charge in [0, 0.05) is 11.5 Å². The van der Waals surface area contributed by atoms with Crippen LogP contribution >= 0.6 is 0 Å². The second-order valence-electron chi connectivity index (χ2n) is 2.11. The number of hydrogen-bond acceptors (Lipinski definition) is 2. The summed E-state index contributed by atoms with van der Waals surface area (Å²) < 4.78 is 0. The van der Waals surface area contributed by atoms with Gasteiger partial charge in [0.2, 0.25) is 0 Å². The van der Waals surface area contributed by atoms with E-state index >= 15 is 0 Å². The Morgan fingerprint density at radius 1 is 1.42 bits per heavy atom. The molecule has 0 radical (unpaired) electrons. The van der Waals surface area contributed by atoms with Crippen molar-refractivity contribution in [1.29, 1.82) is 0 Å². The fourth-order valence-electron chi connectivity index (χ4n) is 0.709. The predicted octanol–water partition coefficient (Wildman–Crippen LogP) is 0.828. The van der Waals surface area contributed by atoms with Crippen molar-refractivity contribution in [3.63, 3.8) is 0 Å². The van der Waals surface area contributed by atoms with E-state index in [4.69, 9.17) is 10.2 Å². The zero-order valence-electron chi connectivity index (χ0n) is 6.11. The SMILES string of the molecule is O=C(O)C#Cc1cccc(O)c1. The summed E-state index contributed by atoms with van der Waals surface area (Å²) >= 11 is 0. The Morgan fingerprint density at radius 2 is 2.17 bits per heavy atom. The molecule has 0 saturated heterocycles. The van der Waals surface area contributed by atoms with Crippen LogP contribution in [0.25, 0.3) is 0 Å². The number of aliphatic carboxylic acids is 1. The van der Waals surface area contributed by atoms with E-state index in [-0.39, 0.29) is 5.75 Å². The Balaban J connectivity index is 2.92. The van der Waals surface area contributed by atoms with Crippen LogP contribution in [0.15, 0.2) is 24.3 Å². The number of rotatable bonds is 0. The number of aromatic hydroxyl groups is 1. The fraction of sp³-hybridized carbons (Fsp3) is 0. The molecule has 1 aromatic rings. The van der Waals surface area contributed by atoms with Gasteiger partial charge in [-0.3, -0.25) is 0 Å². The highest BCUT2D eigenvalue weighted by atomic mass is 16.4. The van der Waals surface area contributed by atoms with Crippen LogP contribution < -0.4 is 0 Å². The summed E-state index contributed by atoms with van der Waals surface area (Å²) in [7, 11) is 0. The van der Waals surface area contributed by atoms with Crippen LogP contribution in [0.1, 0.15) is 5.56 Å². The Bertz CT molecular complexity index is 358. The van der Waals surface area contributed by atoms with Gasteiger partial charge in [0.05, 0.1) is 0 Å². The molecule has 3 heteroatoms. The summed E-state index contributed by atoms with van der Waals surface area (Å²) in [6.07, 6.45) is 0. The topological polar surface area (TPSA) is 57.5 Å². The molecule has 0 heterocycles. The molecule has 1 rings (SSSR count). The minimum atomic E-state index is -1.18. The van der Waals surface area contributed by atoms with E-state index in [0.29, 0.717) is 5.56 Å². The standard InChI is InChI=1S/C9H6O3/c10-8-3-1-2-7(6-8)4-5-9(11)12/h1-3,6,10H,(H,11,12). The normalized spacial score (nSPS) is 8.33. The molecule has 0 aliphatic rings. The maximum Gasteiger partial charge on any atom is 0.382 e. The van der Waals surface area contributed by atoms with Gasteiger partial charge in [-0.2, -0.15) is 0 Å². The van der Waals surface area contributed by atoms with E-state index in [1.54, 1.807) is 12.1 Å². The quantitative estimate of drug-likeness (QED) is 0.555. The molecule has 0 spiro atoms. The molecule has 2 N–H and O–H groups in total.